The monoisotopic (exact) mass is 369 g/mol. The number of rotatable bonds is 4. The highest BCUT2D eigenvalue weighted by Crippen LogP contribution is 2.40. The highest BCUT2D eigenvalue weighted by Gasteiger charge is 2.38. The van der Waals surface area contributed by atoms with Crippen molar-refractivity contribution in [2.24, 2.45) is 0 Å². The van der Waals surface area contributed by atoms with E-state index in [2.05, 4.69) is 20.5 Å². The van der Waals surface area contributed by atoms with Crippen LogP contribution < -0.4 is 5.32 Å². The van der Waals surface area contributed by atoms with Crippen LogP contribution in [-0.2, 0) is 11.0 Å². The van der Waals surface area contributed by atoms with Crippen LogP contribution in [0.2, 0.25) is 0 Å². The number of carbonyl (C=O) groups excluding carboxylic acids is 1. The molecule has 0 aromatic carbocycles. The van der Waals surface area contributed by atoms with Gasteiger partial charge >= 0.3 is 6.18 Å². The molecule has 1 unspecified atom stereocenters. The summed E-state index contributed by atoms with van der Waals surface area (Å²) in [6.45, 7) is 5.93. The van der Waals surface area contributed by atoms with E-state index in [4.69, 9.17) is 0 Å². The molecular formula is C17H22F3N5O. The third-order valence-electron chi connectivity index (χ3n) is 4.50. The van der Waals surface area contributed by atoms with E-state index in [1.165, 1.54) is 0 Å². The number of halogens is 3. The van der Waals surface area contributed by atoms with Crippen LogP contribution in [0, 0.1) is 0 Å². The molecule has 2 aromatic rings. The molecule has 3 rings (SSSR count). The Hall–Kier alpha value is -2.32. The van der Waals surface area contributed by atoms with Crippen molar-refractivity contribution in [1.29, 1.82) is 0 Å². The summed E-state index contributed by atoms with van der Waals surface area (Å²) in [6, 6.07) is 0.558. The zero-order valence-electron chi connectivity index (χ0n) is 14.9. The van der Waals surface area contributed by atoms with Crippen molar-refractivity contribution >= 4 is 22.8 Å². The van der Waals surface area contributed by atoms with Crippen molar-refractivity contribution in [3.8, 4) is 0 Å². The Kier molecular flexibility index (Phi) is 4.81. The number of pyridine rings is 1. The smallest absolute Gasteiger partial charge is 0.366 e. The van der Waals surface area contributed by atoms with Gasteiger partial charge < -0.3 is 10.2 Å². The first-order valence-corrected chi connectivity index (χ1v) is 8.74. The Labute approximate surface area is 149 Å². The summed E-state index contributed by atoms with van der Waals surface area (Å²) in [6.07, 6.45) is -2.88. The maximum absolute atomic E-state index is 13.7. The molecule has 0 spiro atoms. The Morgan fingerprint density at radius 2 is 2.19 bits per heavy atom. The molecular weight excluding hydrogens is 347 g/mol. The number of carbonyl (C=O) groups is 1. The van der Waals surface area contributed by atoms with Gasteiger partial charge in [-0.15, -0.1) is 0 Å². The van der Waals surface area contributed by atoms with Gasteiger partial charge in [0.15, 0.2) is 11.5 Å². The van der Waals surface area contributed by atoms with E-state index in [9.17, 15) is 18.0 Å². The number of aromatic nitrogens is 3. The first kappa shape index (κ1) is 18.5. The fraction of sp³-hybridized carbons (Fsp3) is 0.588. The molecule has 0 saturated carbocycles. The highest BCUT2D eigenvalue weighted by molar-refractivity contribution is 5.91. The molecule has 2 aromatic heterocycles. The van der Waals surface area contributed by atoms with Crippen LogP contribution in [0.5, 0.6) is 0 Å². The third kappa shape index (κ3) is 3.34. The Morgan fingerprint density at radius 1 is 1.46 bits per heavy atom. The number of nitrogens with zero attached hydrogens (tertiary/aromatic N) is 3. The standard InChI is InChI=1S/C17H22F3N5O/c1-4-13(26)25-7-5-6-12(25)11-8-10(17(18,19)20)14-15(21-9(2)3)23-24-16(14)22-11/h8-9,12H,4-7H2,1-3H3,(H2,21,22,23,24). The Morgan fingerprint density at radius 3 is 2.81 bits per heavy atom. The van der Waals surface area contributed by atoms with Crippen molar-refractivity contribution in [2.45, 2.75) is 58.3 Å². The third-order valence-corrected chi connectivity index (χ3v) is 4.50. The van der Waals surface area contributed by atoms with E-state index in [1.807, 2.05) is 13.8 Å². The molecule has 3 heterocycles. The van der Waals surface area contributed by atoms with Crippen molar-refractivity contribution in [1.82, 2.24) is 20.1 Å². The van der Waals surface area contributed by atoms with E-state index in [-0.39, 0.29) is 34.5 Å². The average Bonchev–Trinajstić information content (AvgIpc) is 3.19. The van der Waals surface area contributed by atoms with Gasteiger partial charge in [-0.25, -0.2) is 4.98 Å². The summed E-state index contributed by atoms with van der Waals surface area (Å²) >= 11 is 0. The zero-order chi connectivity index (χ0) is 19.1. The molecule has 1 amide bonds. The number of alkyl halides is 3. The predicted octanol–water partition coefficient (Wildman–Crippen LogP) is 3.87. The summed E-state index contributed by atoms with van der Waals surface area (Å²) < 4.78 is 41.2. The van der Waals surface area contributed by atoms with Crippen molar-refractivity contribution < 1.29 is 18.0 Å². The molecule has 6 nitrogen and oxygen atoms in total. The predicted molar refractivity (Wildman–Crippen MR) is 91.6 cm³/mol. The normalized spacial score (nSPS) is 18.1. The quantitative estimate of drug-likeness (QED) is 0.858. The molecule has 1 fully saturated rings. The number of amides is 1. The van der Waals surface area contributed by atoms with E-state index >= 15 is 0 Å². The molecule has 1 saturated heterocycles. The maximum Gasteiger partial charge on any atom is 0.417 e. The number of H-pyrrole nitrogens is 1. The van der Waals surface area contributed by atoms with Gasteiger partial charge in [-0.05, 0) is 32.8 Å². The lowest BCUT2D eigenvalue weighted by atomic mass is 10.0. The minimum Gasteiger partial charge on any atom is -0.366 e. The molecule has 2 N–H and O–H groups in total. The summed E-state index contributed by atoms with van der Waals surface area (Å²) in [7, 11) is 0. The molecule has 0 radical (unpaired) electrons. The SMILES string of the molecule is CCC(=O)N1CCCC1c1cc(C(F)(F)F)c2c(NC(C)C)n[nH]c2n1. The number of nitrogens with one attached hydrogen (secondary N) is 2. The van der Waals surface area contributed by atoms with Crippen molar-refractivity contribution in [3.63, 3.8) is 0 Å². The maximum atomic E-state index is 13.7. The largest absolute Gasteiger partial charge is 0.417 e. The van der Waals surface area contributed by atoms with Gasteiger partial charge in [-0.2, -0.15) is 18.3 Å². The second-order valence-electron chi connectivity index (χ2n) is 6.79. The molecule has 0 aliphatic carbocycles. The van der Waals surface area contributed by atoms with E-state index < -0.39 is 17.8 Å². The molecule has 1 aliphatic rings. The number of aromatic amines is 1. The molecule has 1 atom stereocenters. The Balaban J connectivity index is 2.13. The van der Waals surface area contributed by atoms with Gasteiger partial charge in [0, 0.05) is 19.0 Å². The van der Waals surface area contributed by atoms with Crippen LogP contribution in [0.15, 0.2) is 6.07 Å². The highest BCUT2D eigenvalue weighted by atomic mass is 19.4. The van der Waals surface area contributed by atoms with Crippen LogP contribution in [0.4, 0.5) is 19.0 Å². The summed E-state index contributed by atoms with van der Waals surface area (Å²) in [5.41, 5.74) is -0.456. The Bertz CT molecular complexity index is 815. The summed E-state index contributed by atoms with van der Waals surface area (Å²) in [5.74, 6) is 0.0593. The second-order valence-corrected chi connectivity index (χ2v) is 6.79. The van der Waals surface area contributed by atoms with Gasteiger partial charge in [0.25, 0.3) is 0 Å². The number of anilines is 1. The average molecular weight is 369 g/mol. The van der Waals surface area contributed by atoms with Crippen LogP contribution in [-0.4, -0.2) is 38.6 Å². The van der Waals surface area contributed by atoms with Gasteiger partial charge in [0.2, 0.25) is 5.91 Å². The van der Waals surface area contributed by atoms with E-state index in [0.29, 0.717) is 19.4 Å². The lowest BCUT2D eigenvalue weighted by molar-refractivity contribution is -0.136. The van der Waals surface area contributed by atoms with Crippen molar-refractivity contribution in [3.05, 3.63) is 17.3 Å². The minimum absolute atomic E-state index is 0.0682. The molecule has 26 heavy (non-hydrogen) atoms. The van der Waals surface area contributed by atoms with Gasteiger partial charge in [0.05, 0.1) is 22.7 Å². The molecule has 142 valence electrons. The summed E-state index contributed by atoms with van der Waals surface area (Å²) in [5, 5.41) is 9.42. The molecule has 1 aliphatic heterocycles. The van der Waals surface area contributed by atoms with Gasteiger partial charge in [-0.1, -0.05) is 6.92 Å². The first-order valence-electron chi connectivity index (χ1n) is 8.74. The fourth-order valence-corrected chi connectivity index (χ4v) is 3.40. The number of fused-ring (bicyclic) bond motifs is 1. The van der Waals surface area contributed by atoms with Gasteiger partial charge in [-0.3, -0.25) is 9.89 Å². The zero-order valence-corrected chi connectivity index (χ0v) is 14.9. The lowest BCUT2D eigenvalue weighted by Gasteiger charge is -2.24. The van der Waals surface area contributed by atoms with Crippen LogP contribution in [0.1, 0.15) is 57.3 Å². The molecule has 0 bridgehead atoms. The number of hydrogen-bond donors (Lipinski definition) is 2. The first-order chi connectivity index (χ1) is 12.2. The number of likely N-dealkylation sites (tertiary alicyclic amines) is 1. The van der Waals surface area contributed by atoms with Crippen molar-refractivity contribution in [2.75, 3.05) is 11.9 Å². The fourth-order valence-electron chi connectivity index (χ4n) is 3.40. The van der Waals surface area contributed by atoms with E-state index in [1.54, 1.807) is 11.8 Å². The topological polar surface area (TPSA) is 73.9 Å². The van der Waals surface area contributed by atoms with Crippen LogP contribution >= 0.6 is 0 Å². The van der Waals surface area contributed by atoms with Crippen LogP contribution in [0.3, 0.4) is 0 Å². The van der Waals surface area contributed by atoms with Crippen LogP contribution in [0.25, 0.3) is 11.0 Å². The minimum atomic E-state index is -4.55. The lowest BCUT2D eigenvalue weighted by Crippen LogP contribution is -2.30. The van der Waals surface area contributed by atoms with E-state index in [0.717, 1.165) is 12.5 Å². The summed E-state index contributed by atoms with van der Waals surface area (Å²) in [4.78, 5) is 18.1. The number of hydrogen-bond acceptors (Lipinski definition) is 4. The van der Waals surface area contributed by atoms with Gasteiger partial charge in [0.1, 0.15) is 0 Å². The second kappa shape index (κ2) is 6.77. The molecule has 9 heteroatoms.